The van der Waals surface area contributed by atoms with Gasteiger partial charge in [-0.1, -0.05) is 24.3 Å². The monoisotopic (exact) mass is 427 g/mol. The summed E-state index contributed by atoms with van der Waals surface area (Å²) in [7, 11) is 4.01. The summed E-state index contributed by atoms with van der Waals surface area (Å²) in [6, 6.07) is 12.7. The van der Waals surface area contributed by atoms with Gasteiger partial charge in [-0.2, -0.15) is 0 Å². The minimum Gasteiger partial charge on any atom is -0.467 e. The number of furan rings is 1. The van der Waals surface area contributed by atoms with Crippen molar-refractivity contribution in [3.63, 3.8) is 0 Å². The predicted octanol–water partition coefficient (Wildman–Crippen LogP) is 2.69. The zero-order valence-corrected chi connectivity index (χ0v) is 19.0. The Morgan fingerprint density at radius 1 is 1.06 bits per heavy atom. The zero-order chi connectivity index (χ0) is 21.7. The van der Waals surface area contributed by atoms with Gasteiger partial charge < -0.3 is 24.7 Å². The van der Waals surface area contributed by atoms with Gasteiger partial charge in [-0.3, -0.25) is 9.89 Å². The maximum Gasteiger partial charge on any atom is 0.191 e. The molecule has 1 aromatic heterocycles. The van der Waals surface area contributed by atoms with Crippen molar-refractivity contribution in [3.8, 4) is 0 Å². The molecule has 0 saturated carbocycles. The number of nitrogens with zero attached hydrogens (tertiary/aromatic N) is 3. The molecule has 31 heavy (non-hydrogen) atoms. The largest absolute Gasteiger partial charge is 0.467 e. The van der Waals surface area contributed by atoms with Crippen LogP contribution in [0.15, 0.2) is 52.1 Å². The number of guanidine groups is 1. The Kier molecular flexibility index (Phi) is 9.89. The first kappa shape index (κ1) is 23.3. The molecule has 1 fully saturated rings. The summed E-state index contributed by atoms with van der Waals surface area (Å²) in [4.78, 5) is 9.28. The second kappa shape index (κ2) is 13.1. The fourth-order valence-electron chi connectivity index (χ4n) is 3.63. The molecule has 0 unspecified atom stereocenters. The van der Waals surface area contributed by atoms with Crippen molar-refractivity contribution in [3.05, 3.63) is 59.5 Å². The summed E-state index contributed by atoms with van der Waals surface area (Å²) in [5.41, 5.74) is 2.63. The first-order chi connectivity index (χ1) is 15.2. The van der Waals surface area contributed by atoms with Gasteiger partial charge in [0.2, 0.25) is 0 Å². The smallest absolute Gasteiger partial charge is 0.191 e. The first-order valence-electron chi connectivity index (χ1n) is 11.3. The van der Waals surface area contributed by atoms with Crippen LogP contribution in [-0.2, 0) is 24.4 Å². The molecule has 170 valence electrons. The molecule has 2 N–H and O–H groups in total. The number of hydrogen-bond acceptors (Lipinski definition) is 5. The lowest BCUT2D eigenvalue weighted by Gasteiger charge is -2.20. The third kappa shape index (κ3) is 8.73. The van der Waals surface area contributed by atoms with Gasteiger partial charge in [0.05, 0.1) is 6.26 Å². The van der Waals surface area contributed by atoms with Crippen molar-refractivity contribution in [2.45, 2.75) is 32.5 Å². The summed E-state index contributed by atoms with van der Waals surface area (Å²) >= 11 is 0. The second-order valence-electron chi connectivity index (χ2n) is 8.09. The van der Waals surface area contributed by atoms with Gasteiger partial charge in [-0.05, 0) is 56.2 Å². The van der Waals surface area contributed by atoms with E-state index < -0.39 is 0 Å². The number of aliphatic imine (C=N–C) groups is 1. The standard InChI is InChI=1S/C24H37N5O2/c1-25-24(26-11-4-16-30-20-23-6-3-17-31-23)27-18-21-7-9-22(10-8-21)19-29-13-5-12-28(2)14-15-29/h3,6-10,17H,4-5,11-16,18-20H2,1-2H3,(H2,25,26,27). The van der Waals surface area contributed by atoms with Gasteiger partial charge in [0.1, 0.15) is 12.4 Å². The number of ether oxygens (including phenoxy) is 1. The minimum absolute atomic E-state index is 0.519. The molecule has 1 aromatic carbocycles. The predicted molar refractivity (Wildman–Crippen MR) is 125 cm³/mol. The van der Waals surface area contributed by atoms with Crippen molar-refractivity contribution in [2.24, 2.45) is 4.99 Å². The molecule has 0 spiro atoms. The highest BCUT2D eigenvalue weighted by molar-refractivity contribution is 5.79. The molecule has 0 bridgehead atoms. The first-order valence-corrected chi connectivity index (χ1v) is 11.3. The average molecular weight is 428 g/mol. The second-order valence-corrected chi connectivity index (χ2v) is 8.09. The molecule has 1 aliphatic heterocycles. The molecule has 7 heteroatoms. The molecule has 0 radical (unpaired) electrons. The molecule has 3 rings (SSSR count). The number of rotatable bonds is 10. The van der Waals surface area contributed by atoms with Crippen LogP contribution in [0.1, 0.15) is 29.7 Å². The highest BCUT2D eigenvalue weighted by Gasteiger charge is 2.12. The van der Waals surface area contributed by atoms with Gasteiger partial charge in [-0.15, -0.1) is 0 Å². The van der Waals surface area contributed by atoms with E-state index in [1.807, 2.05) is 12.1 Å². The molecular weight excluding hydrogens is 390 g/mol. The Labute approximate surface area is 186 Å². The molecule has 1 aliphatic rings. The summed E-state index contributed by atoms with van der Waals surface area (Å²) in [5, 5.41) is 6.71. The third-order valence-electron chi connectivity index (χ3n) is 5.51. The van der Waals surface area contributed by atoms with E-state index in [4.69, 9.17) is 9.15 Å². The Bertz CT molecular complexity index is 761. The van der Waals surface area contributed by atoms with Crippen molar-refractivity contribution in [1.29, 1.82) is 0 Å². The van der Waals surface area contributed by atoms with Crippen LogP contribution in [-0.4, -0.2) is 69.2 Å². The summed E-state index contributed by atoms with van der Waals surface area (Å²) in [6.45, 7) is 8.49. The summed E-state index contributed by atoms with van der Waals surface area (Å²) < 4.78 is 10.9. The number of nitrogens with one attached hydrogen (secondary N) is 2. The third-order valence-corrected chi connectivity index (χ3v) is 5.51. The van der Waals surface area contributed by atoms with Crippen molar-refractivity contribution in [2.75, 3.05) is 53.4 Å². The van der Waals surface area contributed by atoms with Crippen molar-refractivity contribution < 1.29 is 9.15 Å². The molecule has 0 amide bonds. The van der Waals surface area contributed by atoms with E-state index in [0.29, 0.717) is 13.2 Å². The van der Waals surface area contributed by atoms with Crippen LogP contribution in [0.2, 0.25) is 0 Å². The van der Waals surface area contributed by atoms with Crippen LogP contribution in [0.4, 0.5) is 0 Å². The van der Waals surface area contributed by atoms with E-state index in [-0.39, 0.29) is 0 Å². The Morgan fingerprint density at radius 2 is 1.90 bits per heavy atom. The molecule has 2 aromatic rings. The molecule has 0 aliphatic carbocycles. The van der Waals surface area contributed by atoms with Crippen LogP contribution in [0, 0.1) is 0 Å². The fraction of sp³-hybridized carbons (Fsp3) is 0.542. The summed E-state index contributed by atoms with van der Waals surface area (Å²) in [5.74, 6) is 1.67. The number of hydrogen-bond donors (Lipinski definition) is 2. The Morgan fingerprint density at radius 3 is 2.68 bits per heavy atom. The fourth-order valence-corrected chi connectivity index (χ4v) is 3.63. The average Bonchev–Trinajstić information content (AvgIpc) is 3.22. The van der Waals surface area contributed by atoms with Crippen LogP contribution < -0.4 is 10.6 Å². The normalized spacial score (nSPS) is 16.3. The van der Waals surface area contributed by atoms with Crippen LogP contribution in [0.25, 0.3) is 0 Å². The van der Waals surface area contributed by atoms with E-state index in [0.717, 1.165) is 50.9 Å². The topological polar surface area (TPSA) is 65.3 Å². The maximum absolute atomic E-state index is 5.60. The lowest BCUT2D eigenvalue weighted by Crippen LogP contribution is -2.37. The molecule has 0 atom stereocenters. The lowest BCUT2D eigenvalue weighted by atomic mass is 10.1. The Hall–Kier alpha value is -2.35. The highest BCUT2D eigenvalue weighted by Crippen LogP contribution is 2.10. The van der Waals surface area contributed by atoms with E-state index >= 15 is 0 Å². The van der Waals surface area contributed by atoms with Crippen LogP contribution >= 0.6 is 0 Å². The van der Waals surface area contributed by atoms with Crippen molar-refractivity contribution in [1.82, 2.24) is 20.4 Å². The van der Waals surface area contributed by atoms with Gasteiger partial charge in [0.15, 0.2) is 5.96 Å². The van der Waals surface area contributed by atoms with Gasteiger partial charge >= 0.3 is 0 Å². The van der Waals surface area contributed by atoms with Gasteiger partial charge in [0.25, 0.3) is 0 Å². The number of benzene rings is 1. The molecular formula is C24H37N5O2. The van der Waals surface area contributed by atoms with Gasteiger partial charge in [0, 0.05) is 46.4 Å². The quantitative estimate of drug-likeness (QED) is 0.345. The molecule has 7 nitrogen and oxygen atoms in total. The molecule has 1 saturated heterocycles. The van der Waals surface area contributed by atoms with Gasteiger partial charge in [-0.25, -0.2) is 0 Å². The molecule has 2 heterocycles. The van der Waals surface area contributed by atoms with E-state index in [1.54, 1.807) is 13.3 Å². The van der Waals surface area contributed by atoms with Crippen LogP contribution in [0.5, 0.6) is 0 Å². The van der Waals surface area contributed by atoms with Crippen LogP contribution in [0.3, 0.4) is 0 Å². The van der Waals surface area contributed by atoms with E-state index in [1.165, 1.54) is 30.6 Å². The minimum atomic E-state index is 0.519. The van der Waals surface area contributed by atoms with E-state index in [9.17, 15) is 0 Å². The lowest BCUT2D eigenvalue weighted by molar-refractivity contribution is 0.105. The maximum atomic E-state index is 5.60. The Balaban J connectivity index is 1.30. The van der Waals surface area contributed by atoms with Crippen molar-refractivity contribution >= 4 is 5.96 Å². The zero-order valence-electron chi connectivity index (χ0n) is 19.0. The number of likely N-dealkylation sites (N-methyl/N-ethyl adjacent to an activating group) is 1. The highest BCUT2D eigenvalue weighted by atomic mass is 16.5. The SMILES string of the molecule is CN=C(NCCCOCc1ccco1)NCc1ccc(CN2CCCN(C)CC2)cc1. The van der Waals surface area contributed by atoms with E-state index in [2.05, 4.69) is 56.7 Å². The summed E-state index contributed by atoms with van der Waals surface area (Å²) in [6.07, 6.45) is 3.82.